The van der Waals surface area contributed by atoms with Gasteiger partial charge in [0.15, 0.2) is 0 Å². The van der Waals surface area contributed by atoms with Gasteiger partial charge in [-0.15, -0.1) is 0 Å². The number of carbonyl (C=O) groups is 1. The largest absolute Gasteiger partial charge is 0.417 e. The van der Waals surface area contributed by atoms with Gasteiger partial charge >= 0.3 is 12.2 Å². The maximum atomic E-state index is 13.1. The Hall–Kier alpha value is -2.77. The maximum absolute atomic E-state index is 13.1. The van der Waals surface area contributed by atoms with Crippen LogP contribution in [0.25, 0.3) is 11.1 Å². The van der Waals surface area contributed by atoms with Gasteiger partial charge in [0.25, 0.3) is 0 Å². The molecule has 0 unspecified atom stereocenters. The predicted molar refractivity (Wildman–Crippen MR) is 107 cm³/mol. The van der Waals surface area contributed by atoms with Gasteiger partial charge in [-0.05, 0) is 41.5 Å². The Kier molecular flexibility index (Phi) is 6.00. The van der Waals surface area contributed by atoms with Crippen LogP contribution < -0.4 is 10.6 Å². The van der Waals surface area contributed by atoms with Gasteiger partial charge in [0, 0.05) is 17.4 Å². The van der Waals surface area contributed by atoms with E-state index < -0.39 is 22.8 Å². The SMILES string of the molecule is NC(=O)N(Cc1ccc(-c2ccc(Cl)nc2)cc1)c1ccc(Cl)c(C(F)(F)F)c1. The van der Waals surface area contributed by atoms with Crippen molar-refractivity contribution in [2.45, 2.75) is 12.7 Å². The van der Waals surface area contributed by atoms with Crippen molar-refractivity contribution in [3.8, 4) is 11.1 Å². The lowest BCUT2D eigenvalue weighted by Gasteiger charge is -2.22. The van der Waals surface area contributed by atoms with Crippen LogP contribution in [0.2, 0.25) is 10.2 Å². The summed E-state index contributed by atoms with van der Waals surface area (Å²) >= 11 is 11.4. The van der Waals surface area contributed by atoms with E-state index in [-0.39, 0.29) is 12.2 Å². The van der Waals surface area contributed by atoms with Crippen molar-refractivity contribution in [1.29, 1.82) is 0 Å². The standard InChI is InChI=1S/C20H14Cl2F3N3O/c21-17-7-6-15(9-16(17)20(23,24)25)28(19(26)29)11-12-1-3-13(4-2-12)14-5-8-18(22)27-10-14/h1-10H,11H2,(H2,26,29). The molecule has 2 aromatic carbocycles. The van der Waals surface area contributed by atoms with Crippen molar-refractivity contribution < 1.29 is 18.0 Å². The van der Waals surface area contributed by atoms with E-state index in [4.69, 9.17) is 28.9 Å². The lowest BCUT2D eigenvalue weighted by atomic mass is 10.1. The smallest absolute Gasteiger partial charge is 0.351 e. The van der Waals surface area contributed by atoms with Gasteiger partial charge in [0.05, 0.1) is 17.1 Å². The number of nitrogens with two attached hydrogens (primary N) is 1. The third-order valence-corrected chi connectivity index (χ3v) is 4.74. The van der Waals surface area contributed by atoms with E-state index in [2.05, 4.69) is 4.98 Å². The minimum atomic E-state index is -4.65. The highest BCUT2D eigenvalue weighted by atomic mass is 35.5. The number of rotatable bonds is 4. The molecule has 0 fully saturated rings. The van der Waals surface area contributed by atoms with E-state index in [0.29, 0.717) is 10.7 Å². The van der Waals surface area contributed by atoms with Crippen LogP contribution in [0, 0.1) is 0 Å². The third kappa shape index (κ3) is 4.99. The summed E-state index contributed by atoms with van der Waals surface area (Å²) in [7, 11) is 0. The third-order valence-electron chi connectivity index (χ3n) is 4.19. The van der Waals surface area contributed by atoms with E-state index in [1.54, 1.807) is 24.4 Å². The highest BCUT2D eigenvalue weighted by Gasteiger charge is 2.34. The molecule has 0 bridgehead atoms. The first-order valence-corrected chi connectivity index (χ1v) is 9.05. The molecule has 0 radical (unpaired) electrons. The van der Waals surface area contributed by atoms with Gasteiger partial charge in [-0.25, -0.2) is 9.78 Å². The fourth-order valence-corrected chi connectivity index (χ4v) is 3.06. The summed E-state index contributed by atoms with van der Waals surface area (Å²) in [6, 6.07) is 12.9. The number of halogens is 5. The number of alkyl halides is 3. The number of amides is 2. The monoisotopic (exact) mass is 439 g/mol. The zero-order chi connectivity index (χ0) is 21.2. The van der Waals surface area contributed by atoms with Crippen molar-refractivity contribution in [3.05, 3.63) is 82.1 Å². The molecule has 0 aliphatic carbocycles. The Morgan fingerprint density at radius 3 is 2.21 bits per heavy atom. The Morgan fingerprint density at radius 1 is 1.00 bits per heavy atom. The average Bonchev–Trinajstić information content (AvgIpc) is 2.67. The molecule has 3 aromatic rings. The zero-order valence-corrected chi connectivity index (χ0v) is 16.3. The second-order valence-electron chi connectivity index (χ2n) is 6.15. The summed E-state index contributed by atoms with van der Waals surface area (Å²) < 4.78 is 39.4. The molecule has 9 heteroatoms. The number of hydrogen-bond donors (Lipinski definition) is 1. The number of urea groups is 1. The van der Waals surface area contributed by atoms with E-state index in [1.807, 2.05) is 18.2 Å². The number of pyridine rings is 1. The number of primary amides is 1. The number of benzene rings is 2. The van der Waals surface area contributed by atoms with Crippen molar-refractivity contribution >= 4 is 34.9 Å². The highest BCUT2D eigenvalue weighted by molar-refractivity contribution is 6.31. The maximum Gasteiger partial charge on any atom is 0.417 e. The number of anilines is 1. The van der Waals surface area contributed by atoms with Gasteiger partial charge in [0.2, 0.25) is 0 Å². The second kappa shape index (κ2) is 8.31. The quantitative estimate of drug-likeness (QED) is 0.494. The minimum Gasteiger partial charge on any atom is -0.351 e. The van der Waals surface area contributed by atoms with Crippen molar-refractivity contribution in [2.75, 3.05) is 4.90 Å². The fourth-order valence-electron chi connectivity index (χ4n) is 2.73. The van der Waals surface area contributed by atoms with Crippen molar-refractivity contribution in [3.63, 3.8) is 0 Å². The van der Waals surface area contributed by atoms with Gasteiger partial charge in [0.1, 0.15) is 5.15 Å². The number of hydrogen-bond acceptors (Lipinski definition) is 2. The van der Waals surface area contributed by atoms with Crippen LogP contribution in [0.5, 0.6) is 0 Å². The number of nitrogens with zero attached hydrogens (tertiary/aromatic N) is 2. The molecular formula is C20H14Cl2F3N3O. The van der Waals surface area contributed by atoms with Gasteiger partial charge in [-0.1, -0.05) is 47.5 Å². The van der Waals surface area contributed by atoms with E-state index in [9.17, 15) is 18.0 Å². The minimum absolute atomic E-state index is 0.000188. The van der Waals surface area contributed by atoms with Crippen LogP contribution in [-0.4, -0.2) is 11.0 Å². The summed E-state index contributed by atoms with van der Waals surface area (Å²) in [4.78, 5) is 16.9. The molecule has 0 saturated heterocycles. The molecule has 29 heavy (non-hydrogen) atoms. The Bertz CT molecular complexity index is 1020. The van der Waals surface area contributed by atoms with Crippen LogP contribution in [-0.2, 0) is 12.7 Å². The highest BCUT2D eigenvalue weighted by Crippen LogP contribution is 2.37. The molecule has 3 rings (SSSR count). The molecule has 1 aromatic heterocycles. The summed E-state index contributed by atoms with van der Waals surface area (Å²) in [6.07, 6.45) is -3.02. The Labute approximate surface area is 174 Å². The first-order chi connectivity index (χ1) is 13.6. The van der Waals surface area contributed by atoms with E-state index >= 15 is 0 Å². The molecule has 0 aliphatic rings. The van der Waals surface area contributed by atoms with Crippen LogP contribution in [0.4, 0.5) is 23.7 Å². The fraction of sp³-hybridized carbons (Fsp3) is 0.100. The van der Waals surface area contributed by atoms with Crippen LogP contribution in [0.3, 0.4) is 0 Å². The lowest BCUT2D eigenvalue weighted by Crippen LogP contribution is -2.35. The Morgan fingerprint density at radius 2 is 1.66 bits per heavy atom. The topological polar surface area (TPSA) is 59.2 Å². The van der Waals surface area contributed by atoms with Gasteiger partial charge in [-0.2, -0.15) is 13.2 Å². The first kappa shape index (κ1) is 21.0. The van der Waals surface area contributed by atoms with Crippen molar-refractivity contribution in [1.82, 2.24) is 4.98 Å². The molecule has 0 atom stereocenters. The molecule has 1 heterocycles. The lowest BCUT2D eigenvalue weighted by molar-refractivity contribution is -0.137. The molecular weight excluding hydrogens is 426 g/mol. The van der Waals surface area contributed by atoms with Crippen LogP contribution in [0.15, 0.2) is 60.8 Å². The summed E-state index contributed by atoms with van der Waals surface area (Å²) in [5, 5.41) is -0.0738. The van der Waals surface area contributed by atoms with E-state index in [0.717, 1.165) is 28.2 Å². The normalized spacial score (nSPS) is 11.3. The summed E-state index contributed by atoms with van der Waals surface area (Å²) in [5.74, 6) is 0. The average molecular weight is 440 g/mol. The molecule has 0 saturated carbocycles. The molecule has 150 valence electrons. The van der Waals surface area contributed by atoms with Crippen molar-refractivity contribution in [2.24, 2.45) is 5.73 Å². The summed E-state index contributed by atoms with van der Waals surface area (Å²) in [6.45, 7) is -0.00654. The van der Waals surface area contributed by atoms with Gasteiger partial charge in [-0.3, -0.25) is 4.90 Å². The Balaban J connectivity index is 1.86. The number of carbonyl (C=O) groups excluding carboxylic acids is 1. The molecule has 0 aliphatic heterocycles. The van der Waals surface area contributed by atoms with E-state index in [1.165, 1.54) is 6.07 Å². The summed E-state index contributed by atoms with van der Waals surface area (Å²) in [5.41, 5.74) is 6.76. The first-order valence-electron chi connectivity index (χ1n) is 8.30. The van der Waals surface area contributed by atoms with Gasteiger partial charge < -0.3 is 5.73 Å². The molecule has 2 amide bonds. The number of aromatic nitrogens is 1. The second-order valence-corrected chi connectivity index (χ2v) is 6.95. The van der Waals surface area contributed by atoms with Crippen LogP contribution >= 0.6 is 23.2 Å². The molecule has 0 spiro atoms. The van der Waals surface area contributed by atoms with Crippen LogP contribution in [0.1, 0.15) is 11.1 Å². The predicted octanol–water partition coefficient (Wildman–Crippen LogP) is 6.16. The molecule has 2 N–H and O–H groups in total. The molecule has 4 nitrogen and oxygen atoms in total. The zero-order valence-electron chi connectivity index (χ0n) is 14.8.